The Hall–Kier alpha value is -3.22. The van der Waals surface area contributed by atoms with E-state index >= 15 is 0 Å². The summed E-state index contributed by atoms with van der Waals surface area (Å²) in [6.45, 7) is 2.59. The van der Waals surface area contributed by atoms with Gasteiger partial charge in [0.2, 0.25) is 5.91 Å². The second kappa shape index (κ2) is 7.99. The van der Waals surface area contributed by atoms with Gasteiger partial charge in [-0.3, -0.25) is 19.4 Å². The van der Waals surface area contributed by atoms with Crippen LogP contribution in [0.5, 0.6) is 0 Å². The Balaban J connectivity index is 1.78. The number of aromatic nitrogens is 1. The summed E-state index contributed by atoms with van der Waals surface area (Å²) in [5.41, 5.74) is 6.65. The van der Waals surface area contributed by atoms with Gasteiger partial charge in [-0.25, -0.2) is 0 Å². The Morgan fingerprint density at radius 2 is 1.89 bits per heavy atom. The molecule has 1 aromatic carbocycles. The first-order chi connectivity index (χ1) is 13.0. The van der Waals surface area contributed by atoms with E-state index < -0.39 is 17.7 Å². The molecule has 3 N–H and O–H groups in total. The Morgan fingerprint density at radius 1 is 1.15 bits per heavy atom. The molecule has 3 amide bonds. The van der Waals surface area contributed by atoms with Crippen LogP contribution in [0.4, 0.5) is 5.69 Å². The van der Waals surface area contributed by atoms with Gasteiger partial charge in [-0.15, -0.1) is 0 Å². The van der Waals surface area contributed by atoms with Crippen LogP contribution in [0.25, 0.3) is 0 Å². The smallest absolute Gasteiger partial charge is 0.313 e. The van der Waals surface area contributed by atoms with E-state index in [1.54, 1.807) is 4.90 Å². The zero-order chi connectivity index (χ0) is 19.4. The van der Waals surface area contributed by atoms with Crippen LogP contribution < -0.4 is 11.1 Å². The lowest BCUT2D eigenvalue weighted by molar-refractivity contribution is -0.146. The minimum atomic E-state index is -0.756. The first-order valence-electron chi connectivity index (χ1n) is 8.87. The maximum Gasteiger partial charge on any atom is 0.313 e. The number of amides is 3. The molecule has 1 aliphatic heterocycles. The number of nitrogens with two attached hydrogens (primary N) is 1. The van der Waals surface area contributed by atoms with Crippen molar-refractivity contribution < 1.29 is 14.4 Å². The summed E-state index contributed by atoms with van der Waals surface area (Å²) in [7, 11) is 0. The molecule has 0 radical (unpaired) electrons. The Labute approximate surface area is 157 Å². The molecule has 3 rings (SSSR count). The summed E-state index contributed by atoms with van der Waals surface area (Å²) in [6, 6.07) is 11.0. The number of rotatable bonds is 3. The number of nitrogens with zero attached hydrogens (tertiary/aromatic N) is 2. The van der Waals surface area contributed by atoms with Gasteiger partial charge in [0, 0.05) is 12.7 Å². The summed E-state index contributed by atoms with van der Waals surface area (Å²) < 4.78 is 0. The normalized spacial score (nSPS) is 19.4. The molecule has 1 aromatic heterocycles. The number of piperidine rings is 1. The van der Waals surface area contributed by atoms with Crippen molar-refractivity contribution in [1.29, 1.82) is 0 Å². The largest absolute Gasteiger partial charge is 0.366 e. The van der Waals surface area contributed by atoms with Crippen LogP contribution in [0.2, 0.25) is 0 Å². The molecule has 0 spiro atoms. The molecule has 7 heteroatoms. The molecule has 27 heavy (non-hydrogen) atoms. The highest BCUT2D eigenvalue weighted by Gasteiger charge is 2.34. The summed E-state index contributed by atoms with van der Waals surface area (Å²) in [5, 5.41) is 2.52. The number of benzene rings is 1. The number of carbonyl (C=O) groups excluding carboxylic acids is 3. The Kier molecular flexibility index (Phi) is 5.49. The zero-order valence-electron chi connectivity index (χ0n) is 15.1. The molecule has 0 aliphatic carbocycles. The molecule has 0 saturated carbocycles. The van der Waals surface area contributed by atoms with Crippen LogP contribution in [0.15, 0.2) is 48.8 Å². The van der Waals surface area contributed by atoms with Gasteiger partial charge in [0.25, 0.3) is 0 Å². The van der Waals surface area contributed by atoms with Crippen molar-refractivity contribution in [2.75, 3.05) is 11.9 Å². The summed E-state index contributed by atoms with van der Waals surface area (Å²) in [4.78, 5) is 42.1. The molecular formula is C20H22N4O3. The van der Waals surface area contributed by atoms with Crippen molar-refractivity contribution in [3.8, 4) is 0 Å². The number of pyridine rings is 1. The summed E-state index contributed by atoms with van der Waals surface area (Å²) in [5.74, 6) is -1.69. The van der Waals surface area contributed by atoms with Crippen LogP contribution in [0.1, 0.15) is 41.7 Å². The van der Waals surface area contributed by atoms with E-state index in [1.807, 2.05) is 30.3 Å². The number of hydrogen-bond donors (Lipinski definition) is 2. The second-order valence-electron chi connectivity index (χ2n) is 6.85. The van der Waals surface area contributed by atoms with Crippen molar-refractivity contribution in [2.45, 2.75) is 25.8 Å². The SMILES string of the molecule is C[C@H]1CC[C@@H](c2ccccc2)N(C(=O)C(=O)Nc2cncc(C(N)=O)c2)C1. The summed E-state index contributed by atoms with van der Waals surface area (Å²) >= 11 is 0. The number of hydrogen-bond acceptors (Lipinski definition) is 4. The molecule has 2 heterocycles. The molecule has 0 unspecified atom stereocenters. The van der Waals surface area contributed by atoms with Gasteiger partial charge in [-0.05, 0) is 30.4 Å². The van der Waals surface area contributed by atoms with Gasteiger partial charge in [0.05, 0.1) is 23.5 Å². The number of likely N-dealkylation sites (tertiary alicyclic amines) is 1. The van der Waals surface area contributed by atoms with Gasteiger partial charge in [0.15, 0.2) is 0 Å². The Morgan fingerprint density at radius 3 is 2.59 bits per heavy atom. The Bertz CT molecular complexity index is 853. The fourth-order valence-electron chi connectivity index (χ4n) is 3.36. The molecule has 2 aromatic rings. The quantitative estimate of drug-likeness (QED) is 0.812. The predicted molar refractivity (Wildman–Crippen MR) is 101 cm³/mol. The van der Waals surface area contributed by atoms with Crippen molar-refractivity contribution >= 4 is 23.4 Å². The van der Waals surface area contributed by atoms with E-state index in [9.17, 15) is 14.4 Å². The topological polar surface area (TPSA) is 105 Å². The van der Waals surface area contributed by atoms with Gasteiger partial charge in [-0.1, -0.05) is 37.3 Å². The molecule has 1 aliphatic rings. The molecule has 1 fully saturated rings. The molecule has 1 saturated heterocycles. The standard InChI is InChI=1S/C20H22N4O3/c1-13-7-8-17(14-5-3-2-4-6-14)24(12-13)20(27)19(26)23-16-9-15(18(21)25)10-22-11-16/h2-6,9-11,13,17H,7-8,12H2,1H3,(H2,21,25)(H,23,26)/t13-,17-/m0/s1. The lowest BCUT2D eigenvalue weighted by Gasteiger charge is -2.38. The number of nitrogens with one attached hydrogen (secondary N) is 1. The first kappa shape index (κ1) is 18.6. The molecule has 7 nitrogen and oxygen atoms in total. The molecule has 2 atom stereocenters. The highest BCUT2D eigenvalue weighted by molar-refractivity contribution is 6.39. The third-order valence-electron chi connectivity index (χ3n) is 4.74. The lowest BCUT2D eigenvalue weighted by Crippen LogP contribution is -2.46. The average molecular weight is 366 g/mol. The van der Waals surface area contributed by atoms with Gasteiger partial charge in [-0.2, -0.15) is 0 Å². The van der Waals surface area contributed by atoms with Crippen LogP contribution in [-0.4, -0.2) is 34.2 Å². The van der Waals surface area contributed by atoms with Crippen LogP contribution in [0.3, 0.4) is 0 Å². The van der Waals surface area contributed by atoms with Crippen molar-refractivity contribution in [3.05, 3.63) is 59.9 Å². The molecular weight excluding hydrogens is 344 g/mol. The minimum Gasteiger partial charge on any atom is -0.366 e. The first-order valence-corrected chi connectivity index (χ1v) is 8.87. The summed E-state index contributed by atoms with van der Waals surface area (Å²) in [6.07, 6.45) is 4.47. The van der Waals surface area contributed by atoms with E-state index in [0.29, 0.717) is 12.5 Å². The molecule has 140 valence electrons. The van der Waals surface area contributed by atoms with Gasteiger partial charge >= 0.3 is 11.8 Å². The predicted octanol–water partition coefficient (Wildman–Crippen LogP) is 2.12. The maximum atomic E-state index is 12.9. The number of primary amides is 1. The number of anilines is 1. The van der Waals surface area contributed by atoms with Gasteiger partial charge in [0.1, 0.15) is 0 Å². The van der Waals surface area contributed by atoms with E-state index in [1.165, 1.54) is 18.5 Å². The third-order valence-corrected chi connectivity index (χ3v) is 4.74. The van der Waals surface area contributed by atoms with Crippen molar-refractivity contribution in [2.24, 2.45) is 11.7 Å². The van der Waals surface area contributed by atoms with Crippen LogP contribution >= 0.6 is 0 Å². The second-order valence-corrected chi connectivity index (χ2v) is 6.85. The maximum absolute atomic E-state index is 12.9. The van der Waals surface area contributed by atoms with E-state index in [2.05, 4.69) is 17.2 Å². The van der Waals surface area contributed by atoms with E-state index in [-0.39, 0.29) is 17.3 Å². The van der Waals surface area contributed by atoms with Crippen molar-refractivity contribution in [3.63, 3.8) is 0 Å². The minimum absolute atomic E-state index is 0.129. The van der Waals surface area contributed by atoms with Crippen LogP contribution in [0, 0.1) is 5.92 Å². The van der Waals surface area contributed by atoms with Gasteiger partial charge < -0.3 is 16.0 Å². The fourth-order valence-corrected chi connectivity index (χ4v) is 3.36. The lowest BCUT2D eigenvalue weighted by atomic mass is 9.90. The zero-order valence-corrected chi connectivity index (χ0v) is 15.1. The fraction of sp³-hybridized carbons (Fsp3) is 0.300. The average Bonchev–Trinajstić information content (AvgIpc) is 2.68. The third kappa shape index (κ3) is 4.31. The van der Waals surface area contributed by atoms with E-state index in [4.69, 9.17) is 5.73 Å². The monoisotopic (exact) mass is 366 g/mol. The highest BCUT2D eigenvalue weighted by atomic mass is 16.2. The van der Waals surface area contributed by atoms with E-state index in [0.717, 1.165) is 18.4 Å². The highest BCUT2D eigenvalue weighted by Crippen LogP contribution is 2.33. The molecule has 0 bridgehead atoms. The van der Waals surface area contributed by atoms with Crippen LogP contribution in [-0.2, 0) is 9.59 Å². The van der Waals surface area contributed by atoms with Crippen molar-refractivity contribution in [1.82, 2.24) is 9.88 Å². The number of carbonyl (C=O) groups is 3.